The number of phenolic OH excluding ortho intramolecular Hbond substituents is 1. The van der Waals surface area contributed by atoms with Crippen LogP contribution in [0.4, 0.5) is 0 Å². The number of rotatable bonds is 2. The van der Waals surface area contributed by atoms with Gasteiger partial charge in [0, 0.05) is 24.1 Å². The Kier molecular flexibility index (Phi) is 3.92. The van der Waals surface area contributed by atoms with E-state index >= 15 is 0 Å². The van der Waals surface area contributed by atoms with Crippen molar-refractivity contribution >= 4 is 11.9 Å². The number of carboxylic acid groups (broad SMARTS) is 1. The molecule has 6 nitrogen and oxygen atoms in total. The van der Waals surface area contributed by atoms with Gasteiger partial charge in [-0.3, -0.25) is 9.59 Å². The maximum Gasteiger partial charge on any atom is 0.306 e. The predicted octanol–water partition coefficient (Wildman–Crippen LogP) is 1.61. The van der Waals surface area contributed by atoms with Gasteiger partial charge in [0.2, 0.25) is 5.91 Å². The fraction of sp³-hybridized carbons (Fsp3) is 0.500. The van der Waals surface area contributed by atoms with Gasteiger partial charge in [-0.15, -0.1) is 0 Å². The average Bonchev–Trinajstić information content (AvgIpc) is 2.89. The van der Waals surface area contributed by atoms with Crippen LogP contribution in [-0.4, -0.2) is 40.1 Å². The molecule has 0 saturated heterocycles. The first-order valence-corrected chi connectivity index (χ1v) is 7.51. The third kappa shape index (κ3) is 2.86. The molecule has 0 aromatic heterocycles. The maximum atomic E-state index is 12.6. The van der Waals surface area contributed by atoms with E-state index in [9.17, 15) is 14.7 Å². The Labute approximate surface area is 128 Å². The monoisotopic (exact) mass is 305 g/mol. The van der Waals surface area contributed by atoms with Gasteiger partial charge < -0.3 is 19.8 Å². The summed E-state index contributed by atoms with van der Waals surface area (Å²) in [5.74, 6) is -0.673. The van der Waals surface area contributed by atoms with E-state index in [4.69, 9.17) is 9.84 Å². The Bertz CT molecular complexity index is 600. The van der Waals surface area contributed by atoms with Crippen molar-refractivity contribution in [3.8, 4) is 11.5 Å². The van der Waals surface area contributed by atoms with Crippen molar-refractivity contribution in [2.24, 2.45) is 11.8 Å². The molecule has 1 heterocycles. The number of phenols is 1. The molecular weight excluding hydrogens is 286 g/mol. The lowest BCUT2D eigenvalue weighted by Gasteiger charge is -2.23. The minimum Gasteiger partial charge on any atom is -0.508 e. The van der Waals surface area contributed by atoms with Crippen LogP contribution in [0, 0.1) is 11.8 Å². The zero-order chi connectivity index (χ0) is 15.7. The van der Waals surface area contributed by atoms with E-state index in [1.54, 1.807) is 23.1 Å². The number of amides is 1. The van der Waals surface area contributed by atoms with Crippen LogP contribution in [0.15, 0.2) is 18.2 Å². The molecule has 1 amide bonds. The quantitative estimate of drug-likeness (QED) is 0.867. The Morgan fingerprint density at radius 1 is 1.23 bits per heavy atom. The summed E-state index contributed by atoms with van der Waals surface area (Å²) in [6.07, 6.45) is 1.63. The third-order valence-corrected chi connectivity index (χ3v) is 4.47. The number of carbonyl (C=O) groups is 2. The highest BCUT2D eigenvalue weighted by Crippen LogP contribution is 2.34. The van der Waals surface area contributed by atoms with E-state index in [2.05, 4.69) is 0 Å². The average molecular weight is 305 g/mol. The van der Waals surface area contributed by atoms with Crippen molar-refractivity contribution in [2.45, 2.75) is 25.8 Å². The molecule has 2 aliphatic rings. The molecule has 1 aliphatic carbocycles. The number of carboxylic acids is 1. The second-order valence-corrected chi connectivity index (χ2v) is 5.95. The summed E-state index contributed by atoms with van der Waals surface area (Å²) in [5, 5.41) is 18.5. The molecule has 1 aromatic rings. The number of aromatic hydroxyl groups is 1. The standard InChI is InChI=1S/C16H19NO5/c18-13-4-3-12-9-17(5-6-22-14(12)8-13)15(19)10-1-2-11(7-10)16(20)21/h3-4,8,10-11,18H,1-2,5-7,9H2,(H,20,21)/t10-,11+/m0/s1. The SMILES string of the molecule is O=C(O)[C@@H]1CC[C@H](C(=O)N2CCOc3cc(O)ccc3C2)C1. The first-order chi connectivity index (χ1) is 10.5. The van der Waals surface area contributed by atoms with Crippen molar-refractivity contribution in [3.63, 3.8) is 0 Å². The molecule has 1 fully saturated rings. The molecule has 118 valence electrons. The molecule has 3 rings (SSSR count). The highest BCUT2D eigenvalue weighted by molar-refractivity contribution is 5.81. The van der Waals surface area contributed by atoms with E-state index in [0.29, 0.717) is 44.7 Å². The zero-order valence-corrected chi connectivity index (χ0v) is 12.2. The van der Waals surface area contributed by atoms with Crippen molar-refractivity contribution in [1.29, 1.82) is 0 Å². The summed E-state index contributed by atoms with van der Waals surface area (Å²) in [7, 11) is 0. The number of benzene rings is 1. The van der Waals surface area contributed by atoms with Crippen LogP contribution < -0.4 is 4.74 Å². The lowest BCUT2D eigenvalue weighted by atomic mass is 10.0. The van der Waals surface area contributed by atoms with Gasteiger partial charge in [0.25, 0.3) is 0 Å². The van der Waals surface area contributed by atoms with E-state index in [-0.39, 0.29) is 17.6 Å². The molecule has 22 heavy (non-hydrogen) atoms. The molecule has 1 aromatic carbocycles. The topological polar surface area (TPSA) is 87.1 Å². The minimum absolute atomic E-state index is 0.00766. The second kappa shape index (κ2) is 5.87. The third-order valence-electron chi connectivity index (χ3n) is 4.47. The van der Waals surface area contributed by atoms with E-state index < -0.39 is 11.9 Å². The Hall–Kier alpha value is -2.24. The molecule has 1 aliphatic heterocycles. The number of ether oxygens (including phenoxy) is 1. The summed E-state index contributed by atoms with van der Waals surface area (Å²) in [4.78, 5) is 25.4. The van der Waals surface area contributed by atoms with Crippen molar-refractivity contribution < 1.29 is 24.5 Å². The van der Waals surface area contributed by atoms with Crippen LogP contribution in [0.5, 0.6) is 11.5 Å². The van der Waals surface area contributed by atoms with Gasteiger partial charge in [0.05, 0.1) is 12.5 Å². The second-order valence-electron chi connectivity index (χ2n) is 5.95. The molecule has 2 atom stereocenters. The highest BCUT2D eigenvalue weighted by Gasteiger charge is 2.36. The van der Waals surface area contributed by atoms with Crippen LogP contribution >= 0.6 is 0 Å². The Balaban J connectivity index is 1.71. The van der Waals surface area contributed by atoms with Gasteiger partial charge in [-0.1, -0.05) is 0 Å². The maximum absolute atomic E-state index is 12.6. The van der Waals surface area contributed by atoms with Gasteiger partial charge in [0.15, 0.2) is 0 Å². The molecule has 6 heteroatoms. The number of fused-ring (bicyclic) bond motifs is 1. The normalized spacial score (nSPS) is 24.3. The molecule has 2 N–H and O–H groups in total. The minimum atomic E-state index is -0.810. The largest absolute Gasteiger partial charge is 0.508 e. The summed E-state index contributed by atoms with van der Waals surface area (Å²) in [5.41, 5.74) is 0.858. The molecule has 0 unspecified atom stereocenters. The highest BCUT2D eigenvalue weighted by atomic mass is 16.5. The molecule has 0 bridgehead atoms. The number of hydrogen-bond donors (Lipinski definition) is 2. The van der Waals surface area contributed by atoms with E-state index in [0.717, 1.165) is 5.56 Å². The summed E-state index contributed by atoms with van der Waals surface area (Å²) in [6, 6.07) is 4.89. The fourth-order valence-corrected chi connectivity index (χ4v) is 3.24. The van der Waals surface area contributed by atoms with Crippen molar-refractivity contribution in [3.05, 3.63) is 23.8 Å². The number of carbonyl (C=O) groups excluding carboxylic acids is 1. The van der Waals surface area contributed by atoms with Crippen LogP contribution in [0.3, 0.4) is 0 Å². The Morgan fingerprint density at radius 2 is 2.00 bits per heavy atom. The van der Waals surface area contributed by atoms with E-state index in [1.165, 1.54) is 0 Å². The molecular formula is C16H19NO5. The van der Waals surface area contributed by atoms with Crippen molar-refractivity contribution in [2.75, 3.05) is 13.2 Å². The first kappa shape index (κ1) is 14.7. The lowest BCUT2D eigenvalue weighted by molar-refractivity contribution is -0.141. The van der Waals surface area contributed by atoms with Gasteiger partial charge in [-0.05, 0) is 31.4 Å². The Morgan fingerprint density at radius 3 is 2.73 bits per heavy atom. The summed E-state index contributed by atoms with van der Waals surface area (Å²) >= 11 is 0. The van der Waals surface area contributed by atoms with Crippen LogP contribution in [0.25, 0.3) is 0 Å². The number of nitrogens with zero attached hydrogens (tertiary/aromatic N) is 1. The predicted molar refractivity (Wildman–Crippen MR) is 77.5 cm³/mol. The lowest BCUT2D eigenvalue weighted by Crippen LogP contribution is -2.36. The van der Waals surface area contributed by atoms with Gasteiger partial charge >= 0.3 is 5.97 Å². The van der Waals surface area contributed by atoms with Gasteiger partial charge in [-0.25, -0.2) is 0 Å². The number of aliphatic carboxylic acids is 1. The van der Waals surface area contributed by atoms with Crippen LogP contribution in [0.1, 0.15) is 24.8 Å². The molecule has 0 radical (unpaired) electrons. The van der Waals surface area contributed by atoms with Crippen LogP contribution in [-0.2, 0) is 16.1 Å². The fourth-order valence-electron chi connectivity index (χ4n) is 3.24. The summed E-state index contributed by atoms with van der Waals surface area (Å²) < 4.78 is 5.58. The number of hydrogen-bond acceptors (Lipinski definition) is 4. The summed E-state index contributed by atoms with van der Waals surface area (Å²) in [6.45, 7) is 1.28. The molecule has 0 spiro atoms. The molecule has 1 saturated carbocycles. The van der Waals surface area contributed by atoms with Gasteiger partial charge in [-0.2, -0.15) is 0 Å². The first-order valence-electron chi connectivity index (χ1n) is 7.51. The van der Waals surface area contributed by atoms with Gasteiger partial charge in [0.1, 0.15) is 18.1 Å². The smallest absolute Gasteiger partial charge is 0.306 e. The van der Waals surface area contributed by atoms with Crippen molar-refractivity contribution in [1.82, 2.24) is 4.90 Å². The van der Waals surface area contributed by atoms with Crippen LogP contribution in [0.2, 0.25) is 0 Å². The zero-order valence-electron chi connectivity index (χ0n) is 12.2. The van der Waals surface area contributed by atoms with E-state index in [1.807, 2.05) is 0 Å².